The predicted octanol–water partition coefficient (Wildman–Crippen LogP) is 3.66. The lowest BCUT2D eigenvalue weighted by Crippen LogP contribution is -2.48. The zero-order chi connectivity index (χ0) is 27.8. The average Bonchev–Trinajstić information content (AvgIpc) is 2.94. The van der Waals surface area contributed by atoms with E-state index in [1.54, 1.807) is 12.3 Å². The molecule has 1 unspecified atom stereocenters. The van der Waals surface area contributed by atoms with Crippen LogP contribution in [0.1, 0.15) is 23.3 Å². The smallest absolute Gasteiger partial charge is 0.271 e. The molecule has 1 saturated heterocycles. The minimum absolute atomic E-state index is 0.00663. The van der Waals surface area contributed by atoms with E-state index in [9.17, 15) is 9.59 Å². The van der Waals surface area contributed by atoms with E-state index in [0.29, 0.717) is 30.3 Å². The summed E-state index contributed by atoms with van der Waals surface area (Å²) in [6, 6.07) is 16.9. The first-order valence-corrected chi connectivity index (χ1v) is 12.9. The molecule has 3 N–H and O–H groups in total. The molecule has 0 saturated carbocycles. The highest BCUT2D eigenvalue weighted by atomic mass is 16.5. The first-order chi connectivity index (χ1) is 18.8. The second-order valence-corrected chi connectivity index (χ2v) is 9.71. The van der Waals surface area contributed by atoms with Gasteiger partial charge in [0.05, 0.1) is 6.20 Å². The van der Waals surface area contributed by atoms with Crippen molar-refractivity contribution in [3.8, 4) is 11.5 Å². The molecule has 2 amide bonds. The zero-order valence-electron chi connectivity index (χ0n) is 22.6. The van der Waals surface area contributed by atoms with Crippen molar-refractivity contribution in [2.75, 3.05) is 51.0 Å². The third-order valence-electron chi connectivity index (χ3n) is 6.44. The minimum Gasteiger partial charge on any atom is -0.457 e. The summed E-state index contributed by atoms with van der Waals surface area (Å²) in [4.78, 5) is 39.7. The maximum atomic E-state index is 12.7. The van der Waals surface area contributed by atoms with Crippen LogP contribution in [0, 0.1) is 0 Å². The van der Waals surface area contributed by atoms with Crippen LogP contribution in [0.25, 0.3) is 0 Å². The Bertz CT molecular complexity index is 1300. The topological polar surface area (TPSA) is 117 Å². The van der Waals surface area contributed by atoms with Gasteiger partial charge in [0, 0.05) is 44.5 Å². The van der Waals surface area contributed by atoms with Gasteiger partial charge in [-0.2, -0.15) is 0 Å². The second kappa shape index (κ2) is 12.9. The van der Waals surface area contributed by atoms with Crippen molar-refractivity contribution >= 4 is 29.1 Å². The lowest BCUT2D eigenvalue weighted by Gasteiger charge is -2.37. The average molecular weight is 530 g/mol. The van der Waals surface area contributed by atoms with E-state index in [1.807, 2.05) is 96.5 Å². The molecule has 0 spiro atoms. The third-order valence-corrected chi connectivity index (χ3v) is 6.44. The van der Waals surface area contributed by atoms with Gasteiger partial charge in [0.2, 0.25) is 5.91 Å². The lowest BCUT2D eigenvalue weighted by atomic mass is 10.0. The van der Waals surface area contributed by atoms with Gasteiger partial charge < -0.3 is 30.5 Å². The molecule has 1 aliphatic heterocycles. The molecule has 1 aromatic heterocycles. The first-order valence-electron chi connectivity index (χ1n) is 12.9. The second-order valence-electron chi connectivity index (χ2n) is 9.71. The van der Waals surface area contributed by atoms with Crippen LogP contribution in [0.5, 0.6) is 11.5 Å². The van der Waals surface area contributed by atoms with E-state index in [2.05, 4.69) is 10.3 Å². The van der Waals surface area contributed by atoms with Gasteiger partial charge in [0.25, 0.3) is 5.91 Å². The number of amides is 2. The maximum Gasteiger partial charge on any atom is 0.271 e. The van der Waals surface area contributed by atoms with Crippen molar-refractivity contribution in [3.63, 3.8) is 0 Å². The molecule has 10 heteroatoms. The summed E-state index contributed by atoms with van der Waals surface area (Å²) in [7, 11) is 5.85. The van der Waals surface area contributed by atoms with Crippen molar-refractivity contribution in [1.82, 2.24) is 19.8 Å². The van der Waals surface area contributed by atoms with E-state index < -0.39 is 5.91 Å². The highest BCUT2D eigenvalue weighted by molar-refractivity contribution is 5.96. The van der Waals surface area contributed by atoms with Crippen LogP contribution < -0.4 is 20.7 Å². The predicted molar refractivity (Wildman–Crippen MR) is 152 cm³/mol. The number of carbonyl (C=O) groups is 2. The van der Waals surface area contributed by atoms with Crippen LogP contribution in [0.15, 0.2) is 72.9 Å². The highest BCUT2D eigenvalue weighted by Gasteiger charge is 2.27. The monoisotopic (exact) mass is 529 g/mol. The summed E-state index contributed by atoms with van der Waals surface area (Å²) in [6.45, 7) is 2.01. The fraction of sp³-hybridized carbons (Fsp3) is 0.310. The number of likely N-dealkylation sites (tertiary alicyclic amines) is 1. The molecule has 10 nitrogen and oxygen atoms in total. The van der Waals surface area contributed by atoms with Crippen LogP contribution in [0.2, 0.25) is 0 Å². The number of nitrogens with two attached hydrogens (primary N) is 1. The van der Waals surface area contributed by atoms with E-state index in [-0.39, 0.29) is 23.5 Å². The molecular weight excluding hydrogens is 494 g/mol. The van der Waals surface area contributed by atoms with Crippen molar-refractivity contribution in [1.29, 1.82) is 0 Å². The number of nitrogens with zero attached hydrogens (tertiary/aromatic N) is 5. The molecule has 3 aromatic rings. The molecule has 39 heavy (non-hydrogen) atoms. The number of benzene rings is 2. The lowest BCUT2D eigenvalue weighted by molar-refractivity contribution is -0.127. The van der Waals surface area contributed by atoms with Crippen LogP contribution in [0.3, 0.4) is 0 Å². The van der Waals surface area contributed by atoms with Crippen molar-refractivity contribution in [2.24, 2.45) is 5.73 Å². The molecule has 2 aromatic carbocycles. The number of nitrogens with one attached hydrogen (secondary N) is 1. The summed E-state index contributed by atoms with van der Waals surface area (Å²) < 4.78 is 5.85. The molecule has 2 heterocycles. The van der Waals surface area contributed by atoms with Crippen LogP contribution in [-0.2, 0) is 4.79 Å². The molecular formula is C29H35N7O3. The summed E-state index contributed by atoms with van der Waals surface area (Å²) in [5, 5.41) is 3.17. The molecule has 0 bridgehead atoms. The Morgan fingerprint density at radius 1 is 1.10 bits per heavy atom. The number of likely N-dealkylation sites (N-methyl/N-ethyl adjacent to an activating group) is 2. The van der Waals surface area contributed by atoms with Crippen LogP contribution in [0.4, 0.5) is 17.3 Å². The SMILES string of the molecule is CN(C)CC=CC(=O)N1CCCC(N(C)c2cnc(C(N)=O)c(Nc3ccc(Oc4ccccc4)cc3)n2)C1. The van der Waals surface area contributed by atoms with Crippen LogP contribution >= 0.6 is 0 Å². The van der Waals surface area contributed by atoms with Crippen molar-refractivity contribution < 1.29 is 14.3 Å². The summed E-state index contributed by atoms with van der Waals surface area (Å²) in [6.07, 6.45) is 6.86. The van der Waals surface area contributed by atoms with Gasteiger partial charge in [-0.15, -0.1) is 0 Å². The maximum absolute atomic E-state index is 12.7. The van der Waals surface area contributed by atoms with Crippen molar-refractivity contribution in [3.05, 3.63) is 78.6 Å². The fourth-order valence-electron chi connectivity index (χ4n) is 4.31. The molecule has 1 atom stereocenters. The number of primary amides is 1. The Morgan fingerprint density at radius 2 is 1.82 bits per heavy atom. The van der Waals surface area contributed by atoms with Gasteiger partial charge in [0.1, 0.15) is 17.3 Å². The van der Waals surface area contributed by atoms with Crippen LogP contribution in [-0.4, -0.2) is 78.4 Å². The van der Waals surface area contributed by atoms with Gasteiger partial charge in [-0.1, -0.05) is 24.3 Å². The van der Waals surface area contributed by atoms with E-state index >= 15 is 0 Å². The molecule has 0 radical (unpaired) electrons. The van der Waals surface area contributed by atoms with E-state index in [1.165, 1.54) is 0 Å². The summed E-state index contributed by atoms with van der Waals surface area (Å²) in [5.41, 5.74) is 6.33. The number of carbonyl (C=O) groups excluding carboxylic acids is 2. The standard InChI is InChI=1S/C29H35N7O3/c1-34(2)17-8-12-26(37)36-18-7-9-22(20-36)35(3)25-19-31-27(28(30)38)29(33-25)32-21-13-15-24(16-14-21)39-23-10-5-4-6-11-23/h4-6,8,10-16,19,22H,7,9,17-18,20H2,1-3H3,(H2,30,38)(H,32,33). The zero-order valence-corrected chi connectivity index (χ0v) is 22.6. The summed E-state index contributed by atoms with van der Waals surface area (Å²) in [5.74, 6) is 1.58. The molecule has 1 aliphatic rings. The molecule has 4 rings (SSSR count). The van der Waals surface area contributed by atoms with Gasteiger partial charge in [-0.25, -0.2) is 9.97 Å². The Morgan fingerprint density at radius 3 is 2.51 bits per heavy atom. The first kappa shape index (κ1) is 27.6. The van der Waals surface area contributed by atoms with Gasteiger partial charge in [-0.05, 0) is 63.3 Å². The molecule has 204 valence electrons. The largest absolute Gasteiger partial charge is 0.457 e. The van der Waals surface area contributed by atoms with Gasteiger partial charge in [-0.3, -0.25) is 9.59 Å². The number of ether oxygens (including phenoxy) is 1. The highest BCUT2D eigenvalue weighted by Crippen LogP contribution is 2.27. The number of hydrogen-bond donors (Lipinski definition) is 2. The number of para-hydroxylation sites is 1. The normalized spacial score (nSPS) is 15.4. The number of piperidine rings is 1. The Balaban J connectivity index is 1.46. The van der Waals surface area contributed by atoms with Gasteiger partial charge >= 0.3 is 0 Å². The molecule has 0 aliphatic carbocycles. The number of hydrogen-bond acceptors (Lipinski definition) is 8. The number of aromatic nitrogens is 2. The Labute approximate surface area is 229 Å². The van der Waals surface area contributed by atoms with E-state index in [4.69, 9.17) is 15.5 Å². The minimum atomic E-state index is -0.679. The molecule has 1 fully saturated rings. The van der Waals surface area contributed by atoms with E-state index in [0.717, 1.165) is 25.1 Å². The number of anilines is 3. The Kier molecular flexibility index (Phi) is 9.11. The Hall–Kier alpha value is -4.44. The van der Waals surface area contributed by atoms with Crippen molar-refractivity contribution in [2.45, 2.75) is 18.9 Å². The summed E-state index contributed by atoms with van der Waals surface area (Å²) >= 11 is 0. The quantitative estimate of drug-likeness (QED) is 0.382. The fourth-order valence-corrected chi connectivity index (χ4v) is 4.31. The van der Waals surface area contributed by atoms with Gasteiger partial charge in [0.15, 0.2) is 11.5 Å². The number of rotatable bonds is 10. The third kappa shape index (κ3) is 7.55.